The molecule has 0 aromatic rings. The molecule has 2 amide bonds. The van der Waals surface area contributed by atoms with Crippen LogP contribution in [0.5, 0.6) is 0 Å². The van der Waals surface area contributed by atoms with Crippen LogP contribution >= 0.6 is 7.60 Å². The van der Waals surface area contributed by atoms with Gasteiger partial charge in [0.15, 0.2) is 0 Å². The van der Waals surface area contributed by atoms with Gasteiger partial charge in [0.2, 0.25) is 5.91 Å². The van der Waals surface area contributed by atoms with Crippen LogP contribution in [-0.2, 0) is 18.8 Å². The van der Waals surface area contributed by atoms with Crippen molar-refractivity contribution in [3.05, 3.63) is 11.4 Å². The van der Waals surface area contributed by atoms with Gasteiger partial charge in [-0.25, -0.2) is 4.79 Å². The second kappa shape index (κ2) is 12.2. The summed E-state index contributed by atoms with van der Waals surface area (Å²) >= 11 is 0. The Labute approximate surface area is 191 Å². The van der Waals surface area contributed by atoms with E-state index in [1.54, 1.807) is 20.8 Å². The van der Waals surface area contributed by atoms with Crippen molar-refractivity contribution in [3.8, 4) is 0 Å². The first-order valence-corrected chi connectivity index (χ1v) is 13.1. The van der Waals surface area contributed by atoms with E-state index in [4.69, 9.17) is 9.47 Å². The van der Waals surface area contributed by atoms with E-state index in [9.17, 15) is 23.9 Å². The minimum atomic E-state index is -4.58. The lowest BCUT2D eigenvalue weighted by Gasteiger charge is -2.39. The molecule has 0 fully saturated rings. The molecule has 0 aliphatic heterocycles. The molecule has 1 aliphatic rings. The molecule has 0 saturated carbocycles. The van der Waals surface area contributed by atoms with Crippen molar-refractivity contribution >= 4 is 19.6 Å². The van der Waals surface area contributed by atoms with Crippen LogP contribution < -0.4 is 10.6 Å². The average Bonchev–Trinajstić information content (AvgIpc) is 2.66. The molecule has 0 aromatic carbocycles. The standard InChI is InChI=1S/C22H41N2O7P/c1-8-14(9-2)20(25)24-19-17(23-21(26)31-22(5,6)7)12-16(32(27,28)29)13-18(19)30-15(10-3)11-4/h13-15,17-19H,8-12H2,1-7H3,(H,23,26)(H,24,25)(H2,27,28,29)/t17-,18+,19+/m0/s1. The molecule has 0 heterocycles. The Morgan fingerprint density at radius 2 is 1.66 bits per heavy atom. The molecule has 9 nitrogen and oxygen atoms in total. The second-order valence-corrected chi connectivity index (χ2v) is 10.9. The summed E-state index contributed by atoms with van der Waals surface area (Å²) in [4.78, 5) is 45.1. The summed E-state index contributed by atoms with van der Waals surface area (Å²) in [5.41, 5.74) is -0.750. The van der Waals surface area contributed by atoms with Crippen LogP contribution in [0.1, 0.15) is 80.6 Å². The van der Waals surface area contributed by atoms with Crippen molar-refractivity contribution in [1.82, 2.24) is 10.6 Å². The number of nitrogens with one attached hydrogen (secondary N) is 2. The van der Waals surface area contributed by atoms with Crippen molar-refractivity contribution in [2.75, 3.05) is 0 Å². The molecule has 10 heteroatoms. The van der Waals surface area contributed by atoms with Gasteiger partial charge in [0.05, 0.1) is 24.3 Å². The fourth-order valence-corrected chi connectivity index (χ4v) is 4.49. The molecular weight excluding hydrogens is 435 g/mol. The van der Waals surface area contributed by atoms with E-state index in [-0.39, 0.29) is 29.7 Å². The van der Waals surface area contributed by atoms with Crippen LogP contribution in [0.2, 0.25) is 0 Å². The van der Waals surface area contributed by atoms with Crippen LogP contribution in [0.15, 0.2) is 11.4 Å². The number of amides is 2. The van der Waals surface area contributed by atoms with Crippen LogP contribution in [0.25, 0.3) is 0 Å². The molecule has 32 heavy (non-hydrogen) atoms. The SMILES string of the molecule is CCC(CC)O[C@@H]1C=C(P(=O)(O)O)C[C@H](NC(=O)OC(C)(C)C)[C@H]1NC(=O)C(CC)CC. The summed E-state index contributed by atoms with van der Waals surface area (Å²) in [5, 5.41) is 5.57. The number of alkyl carbamates (subject to hydrolysis) is 1. The summed E-state index contributed by atoms with van der Waals surface area (Å²) < 4.78 is 23.6. The van der Waals surface area contributed by atoms with Crippen molar-refractivity contribution in [3.63, 3.8) is 0 Å². The van der Waals surface area contributed by atoms with Gasteiger partial charge in [0, 0.05) is 17.7 Å². The summed E-state index contributed by atoms with van der Waals surface area (Å²) in [7, 11) is -4.58. The topological polar surface area (TPSA) is 134 Å². The van der Waals surface area contributed by atoms with E-state index in [1.807, 2.05) is 27.7 Å². The maximum absolute atomic E-state index is 12.9. The second-order valence-electron chi connectivity index (χ2n) is 9.25. The highest BCUT2D eigenvalue weighted by molar-refractivity contribution is 7.56. The molecule has 0 radical (unpaired) electrons. The van der Waals surface area contributed by atoms with Crippen LogP contribution in [0.4, 0.5) is 4.79 Å². The predicted molar refractivity (Wildman–Crippen MR) is 123 cm³/mol. The average molecular weight is 477 g/mol. The van der Waals surface area contributed by atoms with Crippen molar-refractivity contribution < 1.29 is 33.4 Å². The lowest BCUT2D eigenvalue weighted by molar-refractivity contribution is -0.128. The Morgan fingerprint density at radius 1 is 1.09 bits per heavy atom. The minimum absolute atomic E-state index is 0.123. The number of carbonyl (C=O) groups excluding carboxylic acids is 2. The lowest BCUT2D eigenvalue weighted by atomic mass is 9.91. The Hall–Kier alpha value is -1.41. The van der Waals surface area contributed by atoms with Crippen LogP contribution in [-0.4, -0.2) is 51.7 Å². The highest BCUT2D eigenvalue weighted by Crippen LogP contribution is 2.49. The molecule has 3 atom stereocenters. The summed E-state index contributed by atoms with van der Waals surface area (Å²) in [6.45, 7) is 12.9. The van der Waals surface area contributed by atoms with Gasteiger partial charge in [0.25, 0.3) is 0 Å². The minimum Gasteiger partial charge on any atom is -0.444 e. The fourth-order valence-electron chi connectivity index (χ4n) is 3.71. The number of carbonyl (C=O) groups is 2. The smallest absolute Gasteiger partial charge is 0.407 e. The van der Waals surface area contributed by atoms with Gasteiger partial charge in [-0.05, 0) is 52.5 Å². The highest BCUT2D eigenvalue weighted by Gasteiger charge is 2.42. The number of hydrogen-bond acceptors (Lipinski definition) is 5. The van der Waals surface area contributed by atoms with Gasteiger partial charge in [-0.3, -0.25) is 9.36 Å². The Bertz CT molecular complexity index is 706. The zero-order valence-corrected chi connectivity index (χ0v) is 21.3. The van der Waals surface area contributed by atoms with Crippen molar-refractivity contribution in [1.29, 1.82) is 0 Å². The van der Waals surface area contributed by atoms with Crippen LogP contribution in [0, 0.1) is 5.92 Å². The van der Waals surface area contributed by atoms with Gasteiger partial charge in [0.1, 0.15) is 5.60 Å². The zero-order valence-electron chi connectivity index (χ0n) is 20.4. The molecule has 1 aliphatic carbocycles. The van der Waals surface area contributed by atoms with E-state index in [0.29, 0.717) is 25.7 Å². The van der Waals surface area contributed by atoms with Gasteiger partial charge in [-0.1, -0.05) is 27.7 Å². The van der Waals surface area contributed by atoms with Gasteiger partial charge in [-0.2, -0.15) is 0 Å². The molecular formula is C22H41N2O7P. The third-order valence-electron chi connectivity index (χ3n) is 5.58. The maximum atomic E-state index is 12.9. The highest BCUT2D eigenvalue weighted by atomic mass is 31.2. The van der Waals surface area contributed by atoms with Crippen molar-refractivity contribution in [2.45, 2.75) is 110 Å². The molecule has 0 unspecified atom stereocenters. The normalized spacial score (nSPS) is 22.0. The quantitative estimate of drug-likeness (QED) is 0.352. The summed E-state index contributed by atoms with van der Waals surface area (Å²) in [6, 6.07) is -1.51. The number of rotatable bonds is 10. The van der Waals surface area contributed by atoms with Gasteiger partial charge >= 0.3 is 13.7 Å². The predicted octanol–water partition coefficient (Wildman–Crippen LogP) is 3.84. The monoisotopic (exact) mass is 476 g/mol. The Morgan fingerprint density at radius 3 is 2.09 bits per heavy atom. The third-order valence-corrected chi connectivity index (χ3v) is 6.65. The first-order chi connectivity index (χ1) is 14.7. The Kier molecular flexibility index (Phi) is 10.9. The first kappa shape index (κ1) is 28.6. The van der Waals surface area contributed by atoms with E-state index < -0.39 is 37.5 Å². The molecule has 0 saturated heterocycles. The third kappa shape index (κ3) is 8.85. The van der Waals surface area contributed by atoms with E-state index in [0.717, 1.165) is 0 Å². The van der Waals surface area contributed by atoms with Crippen molar-refractivity contribution in [2.24, 2.45) is 5.92 Å². The van der Waals surface area contributed by atoms with Gasteiger partial charge < -0.3 is 29.9 Å². The number of hydrogen-bond donors (Lipinski definition) is 4. The lowest BCUT2D eigenvalue weighted by Crippen LogP contribution is -2.60. The van der Waals surface area contributed by atoms with E-state index in [1.165, 1.54) is 6.08 Å². The molecule has 0 aromatic heterocycles. The molecule has 1 rings (SSSR count). The van der Waals surface area contributed by atoms with E-state index >= 15 is 0 Å². The summed E-state index contributed by atoms with van der Waals surface area (Å²) in [5.74, 6) is -0.389. The Balaban J connectivity index is 3.35. The molecule has 186 valence electrons. The summed E-state index contributed by atoms with van der Waals surface area (Å²) in [6.07, 6.45) is 2.29. The number of ether oxygens (including phenoxy) is 2. The van der Waals surface area contributed by atoms with E-state index in [2.05, 4.69) is 10.6 Å². The molecule has 0 bridgehead atoms. The fraction of sp³-hybridized carbons (Fsp3) is 0.818. The molecule has 0 spiro atoms. The zero-order chi connectivity index (χ0) is 24.7. The van der Waals surface area contributed by atoms with Gasteiger partial charge in [-0.15, -0.1) is 0 Å². The maximum Gasteiger partial charge on any atom is 0.407 e. The first-order valence-electron chi connectivity index (χ1n) is 11.5. The molecule has 4 N–H and O–H groups in total. The van der Waals surface area contributed by atoms with Crippen LogP contribution in [0.3, 0.4) is 0 Å². The largest absolute Gasteiger partial charge is 0.444 e.